The van der Waals surface area contributed by atoms with E-state index in [4.69, 9.17) is 37.9 Å². The van der Waals surface area contributed by atoms with Gasteiger partial charge < -0.3 is 73.6 Å². The van der Waals surface area contributed by atoms with Gasteiger partial charge in [0.1, 0.15) is 48.8 Å². The van der Waals surface area contributed by atoms with Crippen molar-refractivity contribution in [3.8, 4) is 0 Å². The number of hydrogen-bond acceptors (Lipinski definition) is 15. The fraction of sp³-hybridized carbons (Fsp3) is 1.00. The Balaban J connectivity index is 1.44. The van der Waals surface area contributed by atoms with E-state index in [0.29, 0.717) is 39.6 Å². The highest BCUT2D eigenvalue weighted by atomic mass is 16.7. The number of rotatable bonds is 28. The average Bonchev–Trinajstić information content (AvgIpc) is 3.07. The molecule has 2 saturated heterocycles. The van der Waals surface area contributed by atoms with Gasteiger partial charge in [-0.25, -0.2) is 0 Å². The van der Waals surface area contributed by atoms with Crippen LogP contribution in [0.25, 0.3) is 0 Å². The van der Waals surface area contributed by atoms with Crippen LogP contribution in [0.2, 0.25) is 0 Å². The lowest BCUT2D eigenvalue weighted by Gasteiger charge is -2.45. The van der Waals surface area contributed by atoms with Gasteiger partial charge in [0, 0.05) is 6.61 Å². The van der Waals surface area contributed by atoms with E-state index in [-0.39, 0.29) is 13.2 Å². The lowest BCUT2D eigenvalue weighted by Crippen LogP contribution is -2.64. The van der Waals surface area contributed by atoms with E-state index < -0.39 is 74.6 Å². The first-order chi connectivity index (χ1) is 22.8. The Morgan fingerprint density at radius 3 is 1.43 bits per heavy atom. The van der Waals surface area contributed by atoms with E-state index >= 15 is 0 Å². The highest BCUT2D eigenvalue weighted by Gasteiger charge is 2.50. The van der Waals surface area contributed by atoms with Gasteiger partial charge in [-0.05, 0) is 6.42 Å². The number of aliphatic hydroxyl groups excluding tert-OH is 7. The minimum Gasteiger partial charge on any atom is -0.394 e. The SMILES string of the molecule is CCCCCCCCCCCCOCCOCCOCCOCCO[C@H]1O[C@H](CO)[C@@H](O[C@@H]2O[C@H](CO)[C@H](O)[C@H](O)[C@H]2O)[C@H](O)[C@H]1O. The molecule has 0 aromatic heterocycles. The molecule has 10 atom stereocenters. The third-order valence-electron chi connectivity index (χ3n) is 8.23. The Morgan fingerprint density at radius 1 is 0.447 bits per heavy atom. The van der Waals surface area contributed by atoms with Gasteiger partial charge in [0.2, 0.25) is 0 Å². The maximum Gasteiger partial charge on any atom is 0.187 e. The quantitative estimate of drug-likeness (QED) is 0.0522. The number of unbranched alkanes of at least 4 members (excludes halogenated alkanes) is 9. The van der Waals surface area contributed by atoms with Crippen molar-refractivity contribution < 1.29 is 73.6 Å². The molecule has 0 unspecified atom stereocenters. The summed E-state index contributed by atoms with van der Waals surface area (Å²) in [5.41, 5.74) is 0. The lowest BCUT2D eigenvalue weighted by molar-refractivity contribution is -0.359. The molecular formula is C32H62O15. The van der Waals surface area contributed by atoms with Crippen molar-refractivity contribution in [1.82, 2.24) is 0 Å². The van der Waals surface area contributed by atoms with E-state index in [2.05, 4.69) is 6.92 Å². The third kappa shape index (κ3) is 16.3. The second-order valence-corrected chi connectivity index (χ2v) is 12.0. The second kappa shape index (κ2) is 26.2. The van der Waals surface area contributed by atoms with Crippen LogP contribution < -0.4 is 0 Å². The van der Waals surface area contributed by atoms with Gasteiger partial charge in [0.15, 0.2) is 12.6 Å². The molecule has 280 valence electrons. The Labute approximate surface area is 279 Å². The Bertz CT molecular complexity index is 733. The van der Waals surface area contributed by atoms with Crippen molar-refractivity contribution in [2.75, 3.05) is 72.7 Å². The molecule has 0 saturated carbocycles. The summed E-state index contributed by atoms with van der Waals surface area (Å²) in [4.78, 5) is 0. The minimum atomic E-state index is -1.73. The smallest absolute Gasteiger partial charge is 0.187 e. The first-order valence-corrected chi connectivity index (χ1v) is 17.4. The van der Waals surface area contributed by atoms with Crippen molar-refractivity contribution in [2.24, 2.45) is 0 Å². The van der Waals surface area contributed by atoms with Crippen LogP contribution in [0.1, 0.15) is 71.1 Å². The van der Waals surface area contributed by atoms with Gasteiger partial charge in [-0.2, -0.15) is 0 Å². The molecule has 2 heterocycles. The van der Waals surface area contributed by atoms with Crippen molar-refractivity contribution in [1.29, 1.82) is 0 Å². The molecule has 0 amide bonds. The van der Waals surface area contributed by atoms with Crippen LogP contribution in [0.3, 0.4) is 0 Å². The van der Waals surface area contributed by atoms with Gasteiger partial charge in [-0.1, -0.05) is 64.7 Å². The molecule has 0 bridgehead atoms. The zero-order valence-corrected chi connectivity index (χ0v) is 28.0. The molecule has 2 fully saturated rings. The maximum atomic E-state index is 10.6. The average molecular weight is 687 g/mol. The monoisotopic (exact) mass is 686 g/mol. The summed E-state index contributed by atoms with van der Waals surface area (Å²) in [5, 5.41) is 70.4. The van der Waals surface area contributed by atoms with Crippen LogP contribution >= 0.6 is 0 Å². The molecule has 7 N–H and O–H groups in total. The molecule has 0 spiro atoms. The molecular weight excluding hydrogens is 624 g/mol. The summed E-state index contributed by atoms with van der Waals surface area (Å²) in [6.07, 6.45) is -1.95. The van der Waals surface area contributed by atoms with Gasteiger partial charge in [0.05, 0.1) is 66.1 Å². The van der Waals surface area contributed by atoms with Crippen molar-refractivity contribution in [3.63, 3.8) is 0 Å². The van der Waals surface area contributed by atoms with Crippen LogP contribution in [0.5, 0.6) is 0 Å². The molecule has 0 aromatic carbocycles. The van der Waals surface area contributed by atoms with E-state index in [1.165, 1.54) is 57.8 Å². The Kier molecular flexibility index (Phi) is 23.8. The van der Waals surface area contributed by atoms with Crippen LogP contribution in [-0.2, 0) is 37.9 Å². The fourth-order valence-electron chi connectivity index (χ4n) is 5.37. The number of ether oxygens (including phenoxy) is 8. The molecule has 0 aromatic rings. The second-order valence-electron chi connectivity index (χ2n) is 12.0. The maximum absolute atomic E-state index is 10.6. The fourth-order valence-corrected chi connectivity index (χ4v) is 5.37. The summed E-state index contributed by atoms with van der Waals surface area (Å²) in [5.74, 6) is 0. The van der Waals surface area contributed by atoms with Gasteiger partial charge in [-0.15, -0.1) is 0 Å². The topological polar surface area (TPSA) is 215 Å². The molecule has 47 heavy (non-hydrogen) atoms. The van der Waals surface area contributed by atoms with Crippen LogP contribution in [0, 0.1) is 0 Å². The highest BCUT2D eigenvalue weighted by Crippen LogP contribution is 2.29. The molecule has 15 nitrogen and oxygen atoms in total. The van der Waals surface area contributed by atoms with E-state index in [0.717, 1.165) is 13.0 Å². The normalized spacial score (nSPS) is 31.4. The molecule has 2 aliphatic rings. The number of hydrogen-bond donors (Lipinski definition) is 7. The zero-order chi connectivity index (χ0) is 34.3. The van der Waals surface area contributed by atoms with Crippen molar-refractivity contribution in [2.45, 2.75) is 133 Å². The molecule has 0 radical (unpaired) electrons. The molecule has 2 rings (SSSR count). The van der Waals surface area contributed by atoms with Crippen LogP contribution in [-0.4, -0.2) is 170 Å². The summed E-state index contributed by atoms with van der Waals surface area (Å²) >= 11 is 0. The molecule has 2 aliphatic heterocycles. The Morgan fingerprint density at radius 2 is 0.894 bits per heavy atom. The highest BCUT2D eigenvalue weighted by molar-refractivity contribution is 4.94. The minimum absolute atomic E-state index is 0.00701. The predicted octanol–water partition coefficient (Wildman–Crippen LogP) is -0.386. The van der Waals surface area contributed by atoms with Crippen LogP contribution in [0.4, 0.5) is 0 Å². The summed E-state index contributed by atoms with van der Waals surface area (Å²) in [7, 11) is 0. The molecule has 0 aliphatic carbocycles. The van der Waals surface area contributed by atoms with Crippen molar-refractivity contribution >= 4 is 0 Å². The molecule has 15 heteroatoms. The standard InChI is InChI=1S/C32H62O15/c1-2-3-4-5-6-7-8-9-10-11-12-40-13-14-41-15-16-42-17-18-43-19-20-44-31-29(39)27(37)30(24(22-34)46-31)47-32-28(38)26(36)25(35)23(21-33)45-32/h23-39H,2-22H2,1H3/t23-,24-,25+,26+,27-,28-,29-,30-,31+,32+/m1/s1. The van der Waals surface area contributed by atoms with E-state index in [1.807, 2.05) is 0 Å². The largest absolute Gasteiger partial charge is 0.394 e. The number of aliphatic hydroxyl groups is 7. The van der Waals surface area contributed by atoms with Crippen LogP contribution in [0.15, 0.2) is 0 Å². The summed E-state index contributed by atoms with van der Waals surface area (Å²) in [6, 6.07) is 0. The van der Waals surface area contributed by atoms with Gasteiger partial charge >= 0.3 is 0 Å². The lowest BCUT2D eigenvalue weighted by atomic mass is 9.97. The van der Waals surface area contributed by atoms with E-state index in [9.17, 15) is 35.7 Å². The third-order valence-corrected chi connectivity index (χ3v) is 8.23. The Hall–Kier alpha value is -0.600. The van der Waals surface area contributed by atoms with Gasteiger partial charge in [0.25, 0.3) is 0 Å². The zero-order valence-electron chi connectivity index (χ0n) is 28.0. The first kappa shape index (κ1) is 42.6. The van der Waals surface area contributed by atoms with Gasteiger partial charge in [-0.3, -0.25) is 0 Å². The summed E-state index contributed by atoms with van der Waals surface area (Å²) in [6.45, 7) is 4.48. The first-order valence-electron chi connectivity index (χ1n) is 17.4. The van der Waals surface area contributed by atoms with Crippen molar-refractivity contribution in [3.05, 3.63) is 0 Å². The predicted molar refractivity (Wildman–Crippen MR) is 167 cm³/mol. The van der Waals surface area contributed by atoms with E-state index in [1.54, 1.807) is 0 Å². The summed E-state index contributed by atoms with van der Waals surface area (Å²) < 4.78 is 43.9.